The lowest BCUT2D eigenvalue weighted by molar-refractivity contribution is 1.29. The summed E-state index contributed by atoms with van der Waals surface area (Å²) in [6.45, 7) is 0. The van der Waals surface area contributed by atoms with Gasteiger partial charge in [-0.25, -0.2) is 0 Å². The van der Waals surface area contributed by atoms with Crippen molar-refractivity contribution in [1.82, 2.24) is 0 Å². The van der Waals surface area contributed by atoms with Gasteiger partial charge in [0.2, 0.25) is 0 Å². The zero-order chi connectivity index (χ0) is 12.0. The minimum atomic E-state index is 0.291. The molecule has 0 bridgehead atoms. The fourth-order valence-corrected chi connectivity index (χ4v) is 6.64. The van der Waals surface area contributed by atoms with E-state index in [0.717, 1.165) is 8.26 Å². The minimum Gasteiger partial charge on any atom is -0.143 e. The average Bonchev–Trinajstić information content (AvgIpc) is 2.92. The molecule has 0 saturated carbocycles. The van der Waals surface area contributed by atoms with Crippen molar-refractivity contribution in [1.29, 1.82) is 0 Å². The third-order valence-corrected chi connectivity index (χ3v) is 9.39. The third kappa shape index (κ3) is 2.44. The van der Waals surface area contributed by atoms with Crippen molar-refractivity contribution in [2.24, 2.45) is 0 Å². The number of thiophene rings is 3. The Bertz CT molecular complexity index is 616. The van der Waals surface area contributed by atoms with Crippen LogP contribution >= 0.6 is 81.8 Å². The highest BCUT2D eigenvalue weighted by Crippen LogP contribution is 2.45. The largest absolute Gasteiger partial charge is 0.143 e. The van der Waals surface area contributed by atoms with Crippen LogP contribution in [0.3, 0.4) is 0 Å². The van der Waals surface area contributed by atoms with Crippen molar-refractivity contribution in [2.45, 2.75) is 4.83 Å². The van der Waals surface area contributed by atoms with Crippen molar-refractivity contribution >= 4 is 91.2 Å². The highest BCUT2D eigenvalue weighted by Gasteiger charge is 2.17. The lowest BCUT2D eigenvalue weighted by atomic mass is 10.3. The van der Waals surface area contributed by atoms with Crippen LogP contribution in [-0.4, -0.2) is 0 Å². The summed E-state index contributed by atoms with van der Waals surface area (Å²) in [5, 5.41) is 2.15. The summed E-state index contributed by atoms with van der Waals surface area (Å²) in [6, 6.07) is 6.64. The molecule has 1 unspecified atom stereocenters. The van der Waals surface area contributed by atoms with Crippen LogP contribution in [-0.2, 0) is 0 Å². The average molecular weight is 473 g/mol. The highest BCUT2D eigenvalue weighted by molar-refractivity contribution is 9.13. The Kier molecular flexibility index (Phi) is 3.81. The van der Waals surface area contributed by atoms with Gasteiger partial charge in [-0.05, 0) is 55.4 Å². The maximum atomic E-state index is 3.79. The molecule has 0 radical (unpaired) electrons. The van der Waals surface area contributed by atoms with Gasteiger partial charge in [-0.2, -0.15) is 0 Å². The Morgan fingerprint density at radius 3 is 2.41 bits per heavy atom. The van der Waals surface area contributed by atoms with Crippen LogP contribution in [0.1, 0.15) is 14.6 Å². The molecular weight excluding hydrogens is 468 g/mol. The molecule has 0 aromatic carbocycles. The number of hydrogen-bond acceptors (Lipinski definition) is 3. The molecule has 6 heteroatoms. The number of halogens is 3. The molecule has 0 aliphatic carbocycles. The summed E-state index contributed by atoms with van der Waals surface area (Å²) in [5.74, 6) is 0. The smallest absolute Gasteiger partial charge is 0.0843 e. The molecule has 0 fully saturated rings. The molecule has 88 valence electrons. The molecule has 0 saturated heterocycles. The van der Waals surface area contributed by atoms with E-state index in [2.05, 4.69) is 71.4 Å². The molecule has 3 heterocycles. The normalized spacial score (nSPS) is 13.4. The first-order valence-corrected chi connectivity index (χ1v) is 9.72. The number of rotatable bonds is 2. The molecule has 3 aromatic heterocycles. The Morgan fingerprint density at radius 2 is 1.76 bits per heavy atom. The van der Waals surface area contributed by atoms with E-state index in [1.807, 2.05) is 11.3 Å². The standard InChI is InChI=1S/C11H5Br3S3/c12-5-3-8(17-11(5)14)10(13)9-4-7-6(16-9)1-2-15-7/h1-4,10H. The van der Waals surface area contributed by atoms with Gasteiger partial charge in [-0.3, -0.25) is 0 Å². The maximum absolute atomic E-state index is 3.79. The molecule has 3 rings (SSSR count). The quantitative estimate of drug-likeness (QED) is 0.351. The van der Waals surface area contributed by atoms with Crippen LogP contribution in [0.5, 0.6) is 0 Å². The predicted molar refractivity (Wildman–Crippen MR) is 90.2 cm³/mol. The lowest BCUT2D eigenvalue weighted by Gasteiger charge is -2.03. The zero-order valence-electron chi connectivity index (χ0n) is 8.25. The molecule has 1 atom stereocenters. The van der Waals surface area contributed by atoms with Gasteiger partial charge >= 0.3 is 0 Å². The first kappa shape index (κ1) is 12.8. The molecular formula is C11H5Br3S3. The second kappa shape index (κ2) is 5.06. The van der Waals surface area contributed by atoms with E-state index >= 15 is 0 Å². The van der Waals surface area contributed by atoms with Gasteiger partial charge in [0.05, 0.1) is 8.61 Å². The Hall–Kier alpha value is 0.800. The molecule has 0 N–H and O–H groups in total. The van der Waals surface area contributed by atoms with E-state index in [0.29, 0.717) is 4.83 Å². The van der Waals surface area contributed by atoms with Crippen molar-refractivity contribution in [2.75, 3.05) is 0 Å². The summed E-state index contributed by atoms with van der Waals surface area (Å²) < 4.78 is 5.03. The van der Waals surface area contributed by atoms with Crippen LogP contribution in [0, 0.1) is 0 Å². The molecule has 0 amide bonds. The topological polar surface area (TPSA) is 0 Å². The van der Waals surface area contributed by atoms with Gasteiger partial charge < -0.3 is 0 Å². The first-order valence-electron chi connectivity index (χ1n) is 4.71. The summed E-state index contributed by atoms with van der Waals surface area (Å²) in [6.07, 6.45) is 0. The van der Waals surface area contributed by atoms with Gasteiger partial charge in [0.25, 0.3) is 0 Å². The van der Waals surface area contributed by atoms with Crippen molar-refractivity contribution < 1.29 is 0 Å². The molecule has 3 aromatic rings. The fraction of sp³-hybridized carbons (Fsp3) is 0.0909. The third-order valence-electron chi connectivity index (χ3n) is 2.32. The number of hydrogen-bond donors (Lipinski definition) is 0. The Morgan fingerprint density at radius 1 is 1.00 bits per heavy atom. The molecule has 0 aliphatic heterocycles. The number of alkyl halides is 1. The van der Waals surface area contributed by atoms with Gasteiger partial charge in [-0.15, -0.1) is 34.0 Å². The first-order chi connectivity index (χ1) is 8.15. The van der Waals surface area contributed by atoms with E-state index < -0.39 is 0 Å². The van der Waals surface area contributed by atoms with Gasteiger partial charge in [0.1, 0.15) is 0 Å². The summed E-state index contributed by atoms with van der Waals surface area (Å²) in [5.41, 5.74) is 0. The van der Waals surface area contributed by atoms with Gasteiger partial charge in [-0.1, -0.05) is 15.9 Å². The van der Waals surface area contributed by atoms with Crippen molar-refractivity contribution in [3.63, 3.8) is 0 Å². The molecule has 17 heavy (non-hydrogen) atoms. The molecule has 0 aliphatic rings. The highest BCUT2D eigenvalue weighted by atomic mass is 79.9. The van der Waals surface area contributed by atoms with Crippen molar-refractivity contribution in [3.8, 4) is 0 Å². The zero-order valence-corrected chi connectivity index (χ0v) is 15.5. The fourth-order valence-electron chi connectivity index (χ4n) is 1.54. The predicted octanol–water partition coefficient (Wildman–Crippen LogP) is 7.03. The van der Waals surface area contributed by atoms with E-state index in [-0.39, 0.29) is 0 Å². The molecule has 0 spiro atoms. The summed E-state index contributed by atoms with van der Waals surface area (Å²) in [7, 11) is 0. The van der Waals surface area contributed by atoms with Crippen LogP contribution in [0.15, 0.2) is 31.8 Å². The second-order valence-corrected chi connectivity index (χ2v) is 9.67. The van der Waals surface area contributed by atoms with E-state index in [1.165, 1.54) is 19.2 Å². The Balaban J connectivity index is 2.01. The van der Waals surface area contributed by atoms with Crippen LogP contribution < -0.4 is 0 Å². The van der Waals surface area contributed by atoms with Crippen LogP contribution in [0.25, 0.3) is 9.40 Å². The SMILES string of the molecule is Brc1cc(C(Br)c2cc3sccc3s2)sc1Br. The van der Waals surface area contributed by atoms with E-state index in [9.17, 15) is 0 Å². The van der Waals surface area contributed by atoms with Crippen molar-refractivity contribution in [3.05, 3.63) is 41.6 Å². The van der Waals surface area contributed by atoms with E-state index in [1.54, 1.807) is 22.7 Å². The maximum Gasteiger partial charge on any atom is 0.0843 e. The lowest BCUT2D eigenvalue weighted by Crippen LogP contribution is -1.83. The monoisotopic (exact) mass is 470 g/mol. The van der Waals surface area contributed by atoms with Crippen LogP contribution in [0.4, 0.5) is 0 Å². The summed E-state index contributed by atoms with van der Waals surface area (Å²) in [4.78, 5) is 2.98. The van der Waals surface area contributed by atoms with Gasteiger partial charge in [0, 0.05) is 23.6 Å². The van der Waals surface area contributed by atoms with Crippen LogP contribution in [0.2, 0.25) is 0 Å². The van der Waals surface area contributed by atoms with Gasteiger partial charge in [0.15, 0.2) is 0 Å². The summed E-state index contributed by atoms with van der Waals surface area (Å²) >= 11 is 16.3. The van der Waals surface area contributed by atoms with E-state index in [4.69, 9.17) is 0 Å². The molecule has 0 nitrogen and oxygen atoms in total. The Labute approximate surface area is 136 Å². The minimum absolute atomic E-state index is 0.291. The number of fused-ring (bicyclic) bond motifs is 1. The second-order valence-electron chi connectivity index (χ2n) is 3.43.